The van der Waals surface area contributed by atoms with E-state index in [2.05, 4.69) is 256 Å². The van der Waals surface area contributed by atoms with E-state index in [4.69, 9.17) is 0 Å². The first-order chi connectivity index (χ1) is 34.0. The monoisotopic (exact) mass is 901 g/mol. The number of anilines is 9. The van der Waals surface area contributed by atoms with Crippen LogP contribution in [-0.4, -0.2) is 0 Å². The fourth-order valence-corrected chi connectivity index (χ4v) is 13.2. The van der Waals surface area contributed by atoms with Crippen molar-refractivity contribution in [2.24, 2.45) is 0 Å². The standard InChI is InChI=1S/C67H55N3/c1-65(2)54-34-21-35-55-62(54)70-63-56(65)38-46(68(44-24-9-7-10-25-44)60-36-42-22-13-15-28-48(42)50-30-17-19-32-52(50)60)40-58(63)67(5,6)59-41-47(39-57(64(59)70)66(55,3)4)69(45-26-11-8-12-27-45)61-37-43-23-14-16-29-49(43)51-31-18-20-33-53(51)61/h7-17,19-30,32-41H,18,31H2,1-6H3. The molecule has 0 unspecified atom stereocenters. The molecular formula is C67H55N3. The topological polar surface area (TPSA) is 9.72 Å². The van der Waals surface area contributed by atoms with Gasteiger partial charge >= 0.3 is 0 Å². The highest BCUT2D eigenvalue weighted by atomic mass is 15.2. The van der Waals surface area contributed by atoms with Crippen molar-refractivity contribution in [2.75, 3.05) is 14.7 Å². The van der Waals surface area contributed by atoms with Gasteiger partial charge in [-0.3, -0.25) is 0 Å². The maximum atomic E-state index is 2.71. The molecule has 4 aliphatic rings. The lowest BCUT2D eigenvalue weighted by Crippen LogP contribution is -2.44. The Labute approximate surface area is 411 Å². The van der Waals surface area contributed by atoms with Gasteiger partial charge in [-0.1, -0.05) is 181 Å². The fraction of sp³-hybridized carbons (Fsp3) is 0.164. The molecule has 10 aromatic rings. The summed E-state index contributed by atoms with van der Waals surface area (Å²) in [7, 11) is 0. The highest BCUT2D eigenvalue weighted by Crippen LogP contribution is 2.67. The summed E-state index contributed by atoms with van der Waals surface area (Å²) in [5, 5.41) is 7.62. The van der Waals surface area contributed by atoms with Crippen molar-refractivity contribution in [2.45, 2.75) is 70.6 Å². The number of benzene rings is 10. The zero-order valence-electron chi connectivity index (χ0n) is 40.8. The summed E-state index contributed by atoms with van der Waals surface area (Å²) < 4.78 is 0. The number of hydrogen-bond acceptors (Lipinski definition) is 3. The Kier molecular flexibility index (Phi) is 8.56. The molecule has 3 heteroatoms. The number of para-hydroxylation sites is 3. The minimum absolute atomic E-state index is 0.296. The highest BCUT2D eigenvalue weighted by molar-refractivity contribution is 6.15. The van der Waals surface area contributed by atoms with Gasteiger partial charge in [0.25, 0.3) is 0 Å². The summed E-state index contributed by atoms with van der Waals surface area (Å²) in [6.07, 6.45) is 6.83. The third-order valence-corrected chi connectivity index (χ3v) is 16.7. The first kappa shape index (κ1) is 41.1. The Balaban J connectivity index is 1.07. The second-order valence-corrected chi connectivity index (χ2v) is 21.6. The molecule has 3 nitrogen and oxygen atoms in total. The smallest absolute Gasteiger partial charge is 0.0546 e. The normalized spacial score (nSPS) is 16.0. The average molecular weight is 902 g/mol. The number of rotatable bonds is 6. The van der Waals surface area contributed by atoms with Crippen LogP contribution in [0.4, 0.5) is 51.2 Å². The van der Waals surface area contributed by atoms with E-state index in [0.29, 0.717) is 0 Å². The zero-order chi connectivity index (χ0) is 47.3. The van der Waals surface area contributed by atoms with Gasteiger partial charge in [-0.25, -0.2) is 0 Å². The van der Waals surface area contributed by atoms with Gasteiger partial charge in [0.2, 0.25) is 0 Å². The van der Waals surface area contributed by atoms with E-state index in [9.17, 15) is 0 Å². The lowest BCUT2D eigenvalue weighted by molar-refractivity contribution is 0.567. The van der Waals surface area contributed by atoms with E-state index in [1.165, 1.54) is 117 Å². The third-order valence-electron chi connectivity index (χ3n) is 16.7. The molecule has 0 aromatic heterocycles. The van der Waals surface area contributed by atoms with Crippen LogP contribution in [0.25, 0.3) is 38.4 Å². The van der Waals surface area contributed by atoms with Crippen molar-refractivity contribution in [3.8, 4) is 0 Å². The minimum atomic E-state index is -0.411. The Bertz CT molecular complexity index is 3870. The van der Waals surface area contributed by atoms with Gasteiger partial charge in [0, 0.05) is 49.9 Å². The van der Waals surface area contributed by atoms with Crippen LogP contribution >= 0.6 is 0 Å². The number of allylic oxidation sites excluding steroid dienone is 1. The molecule has 0 atom stereocenters. The van der Waals surface area contributed by atoms with Crippen LogP contribution in [0, 0.1) is 0 Å². The van der Waals surface area contributed by atoms with Gasteiger partial charge in [0.1, 0.15) is 0 Å². The van der Waals surface area contributed by atoms with Gasteiger partial charge in [-0.05, 0) is 139 Å². The van der Waals surface area contributed by atoms with Crippen molar-refractivity contribution in [3.63, 3.8) is 0 Å². The third kappa shape index (κ3) is 5.58. The van der Waals surface area contributed by atoms with Crippen molar-refractivity contribution in [1.29, 1.82) is 0 Å². The van der Waals surface area contributed by atoms with Crippen LogP contribution in [0.1, 0.15) is 92.5 Å². The Morgan fingerprint density at radius 3 is 1.37 bits per heavy atom. The molecule has 0 spiro atoms. The lowest BCUT2D eigenvalue weighted by Gasteiger charge is -2.55. The molecule has 0 amide bonds. The molecule has 3 aliphatic heterocycles. The molecule has 3 heterocycles. The average Bonchev–Trinajstić information content (AvgIpc) is 3.39. The van der Waals surface area contributed by atoms with Gasteiger partial charge in [0.15, 0.2) is 0 Å². The predicted octanol–water partition coefficient (Wildman–Crippen LogP) is 18.4. The summed E-state index contributed by atoms with van der Waals surface area (Å²) in [5.74, 6) is 0. The molecule has 0 radical (unpaired) electrons. The number of aryl methyl sites for hydroxylation is 1. The van der Waals surface area contributed by atoms with Crippen molar-refractivity contribution >= 4 is 89.6 Å². The lowest BCUT2D eigenvalue weighted by atomic mass is 9.60. The second-order valence-electron chi connectivity index (χ2n) is 21.6. The molecule has 10 aromatic carbocycles. The van der Waals surface area contributed by atoms with Crippen molar-refractivity contribution in [1.82, 2.24) is 0 Å². The van der Waals surface area contributed by atoms with Crippen LogP contribution in [0.15, 0.2) is 194 Å². The van der Waals surface area contributed by atoms with E-state index in [1.54, 1.807) is 0 Å². The van der Waals surface area contributed by atoms with Gasteiger partial charge in [-0.15, -0.1) is 0 Å². The SMILES string of the molecule is CC1(C)c2cccc3c2N2c4c1cc(N(c1ccccc1)c1cc5ccccc5c5c1C=CCC5)cc4C(C)(C)c1cc(N(c4ccccc4)c4cc5ccccc5c5ccccc45)cc(c12)C3(C)C. The van der Waals surface area contributed by atoms with Crippen molar-refractivity contribution in [3.05, 3.63) is 239 Å². The zero-order valence-corrected chi connectivity index (χ0v) is 40.8. The largest absolute Gasteiger partial charge is 0.310 e. The Morgan fingerprint density at radius 1 is 0.371 bits per heavy atom. The maximum absolute atomic E-state index is 2.71. The van der Waals surface area contributed by atoms with Crippen LogP contribution in [-0.2, 0) is 22.7 Å². The highest BCUT2D eigenvalue weighted by Gasteiger charge is 2.52. The molecule has 14 rings (SSSR count). The predicted molar refractivity (Wildman–Crippen MR) is 297 cm³/mol. The molecule has 338 valence electrons. The molecular weight excluding hydrogens is 847 g/mol. The van der Waals surface area contributed by atoms with E-state index >= 15 is 0 Å². The molecule has 0 saturated heterocycles. The second kappa shape index (κ2) is 14.6. The van der Waals surface area contributed by atoms with E-state index in [0.717, 1.165) is 24.2 Å². The van der Waals surface area contributed by atoms with Crippen LogP contribution in [0.3, 0.4) is 0 Å². The van der Waals surface area contributed by atoms with Gasteiger partial charge < -0.3 is 14.7 Å². The van der Waals surface area contributed by atoms with Gasteiger partial charge in [0.05, 0.1) is 28.4 Å². The minimum Gasteiger partial charge on any atom is -0.310 e. The van der Waals surface area contributed by atoms with E-state index in [1.807, 2.05) is 0 Å². The van der Waals surface area contributed by atoms with Gasteiger partial charge in [-0.2, -0.15) is 0 Å². The van der Waals surface area contributed by atoms with Crippen molar-refractivity contribution < 1.29 is 0 Å². The first-order valence-electron chi connectivity index (χ1n) is 25.2. The maximum Gasteiger partial charge on any atom is 0.0546 e. The number of nitrogens with zero attached hydrogens (tertiary/aromatic N) is 3. The summed E-state index contributed by atoms with van der Waals surface area (Å²) >= 11 is 0. The summed E-state index contributed by atoms with van der Waals surface area (Å²) in [6.45, 7) is 14.8. The molecule has 0 fully saturated rings. The molecule has 0 bridgehead atoms. The Morgan fingerprint density at radius 2 is 0.800 bits per heavy atom. The Hall–Kier alpha value is -7.88. The first-order valence-corrected chi connectivity index (χ1v) is 25.2. The quantitative estimate of drug-likeness (QED) is 0.154. The summed E-state index contributed by atoms with van der Waals surface area (Å²) in [5.41, 5.74) is 20.9. The van der Waals surface area contributed by atoms with Crippen LogP contribution < -0.4 is 14.7 Å². The van der Waals surface area contributed by atoms with E-state index < -0.39 is 5.41 Å². The molecule has 70 heavy (non-hydrogen) atoms. The summed E-state index contributed by atoms with van der Waals surface area (Å²) in [6, 6.07) is 71.1. The molecule has 0 N–H and O–H groups in total. The van der Waals surface area contributed by atoms with Crippen LogP contribution in [0.2, 0.25) is 0 Å². The summed E-state index contributed by atoms with van der Waals surface area (Å²) in [4.78, 5) is 7.81. The molecule has 1 aliphatic carbocycles. The van der Waals surface area contributed by atoms with E-state index in [-0.39, 0.29) is 10.8 Å². The van der Waals surface area contributed by atoms with Crippen LogP contribution in [0.5, 0.6) is 0 Å². The number of hydrogen-bond donors (Lipinski definition) is 0. The number of fused-ring (bicyclic) bond motifs is 6. The fourth-order valence-electron chi connectivity index (χ4n) is 13.2. The molecule has 0 saturated carbocycles.